The van der Waals surface area contributed by atoms with Crippen molar-refractivity contribution >= 4 is 22.5 Å². The van der Waals surface area contributed by atoms with Crippen LogP contribution >= 0.6 is 11.8 Å². The molecule has 0 spiro atoms. The molecule has 2 N–H and O–H groups in total. The van der Waals surface area contributed by atoms with Gasteiger partial charge in [-0.25, -0.2) is 0 Å². The highest BCUT2D eigenvalue weighted by Gasteiger charge is 2.04. The number of benzene rings is 1. The van der Waals surface area contributed by atoms with Crippen molar-refractivity contribution in [3.8, 4) is 0 Å². The van der Waals surface area contributed by atoms with Gasteiger partial charge in [-0.2, -0.15) is 0 Å². The van der Waals surface area contributed by atoms with Crippen LogP contribution in [0.1, 0.15) is 5.56 Å². The number of aliphatic imine (C=N–C) groups is 1. The predicted octanol–water partition coefficient (Wildman–Crippen LogP) is 2.13. The average Bonchev–Trinajstić information content (AvgIpc) is 2.72. The second kappa shape index (κ2) is 4.33. The van der Waals surface area contributed by atoms with E-state index in [0.29, 0.717) is 0 Å². The Kier molecular flexibility index (Phi) is 2.89. The van der Waals surface area contributed by atoms with Gasteiger partial charge in [-0.1, -0.05) is 30.3 Å². The van der Waals surface area contributed by atoms with Gasteiger partial charge in [0.05, 0.1) is 5.04 Å². The van der Waals surface area contributed by atoms with Crippen LogP contribution in [0.25, 0.3) is 5.70 Å². The summed E-state index contributed by atoms with van der Waals surface area (Å²) in [5.74, 6) is 1.08. The summed E-state index contributed by atoms with van der Waals surface area (Å²) in [6.07, 6.45) is 1.95. The molecular formula is C11H12N2S. The van der Waals surface area contributed by atoms with Crippen molar-refractivity contribution in [2.75, 3.05) is 12.3 Å². The topological polar surface area (TPSA) is 38.4 Å². The first-order valence-electron chi connectivity index (χ1n) is 4.56. The Labute approximate surface area is 87.9 Å². The van der Waals surface area contributed by atoms with E-state index in [1.54, 1.807) is 11.8 Å². The van der Waals surface area contributed by atoms with Crippen molar-refractivity contribution in [2.45, 2.75) is 0 Å². The van der Waals surface area contributed by atoms with Gasteiger partial charge in [-0.3, -0.25) is 4.99 Å². The molecule has 1 aromatic carbocycles. The van der Waals surface area contributed by atoms with E-state index in [1.165, 1.54) is 0 Å². The lowest BCUT2D eigenvalue weighted by Gasteiger charge is -2.00. The lowest BCUT2D eigenvalue weighted by Crippen LogP contribution is -1.98. The number of rotatable bonds is 2. The van der Waals surface area contributed by atoms with Gasteiger partial charge < -0.3 is 5.73 Å². The van der Waals surface area contributed by atoms with E-state index >= 15 is 0 Å². The maximum absolute atomic E-state index is 5.94. The molecule has 0 aromatic heterocycles. The SMILES string of the molecule is NC(=CC1=NCCS1)c1ccccc1. The fourth-order valence-corrected chi connectivity index (χ4v) is 2.07. The van der Waals surface area contributed by atoms with Gasteiger partial charge in [0.1, 0.15) is 0 Å². The molecule has 1 heterocycles. The maximum atomic E-state index is 5.94. The van der Waals surface area contributed by atoms with Crippen molar-refractivity contribution in [1.82, 2.24) is 0 Å². The summed E-state index contributed by atoms with van der Waals surface area (Å²) in [6.45, 7) is 0.915. The van der Waals surface area contributed by atoms with E-state index in [9.17, 15) is 0 Å². The van der Waals surface area contributed by atoms with Crippen LogP contribution in [-0.4, -0.2) is 17.3 Å². The largest absolute Gasteiger partial charge is 0.398 e. The number of hydrogen-bond donors (Lipinski definition) is 1. The molecule has 3 heteroatoms. The Morgan fingerprint density at radius 3 is 2.79 bits per heavy atom. The Morgan fingerprint density at radius 2 is 2.14 bits per heavy atom. The number of nitrogens with zero attached hydrogens (tertiary/aromatic N) is 1. The van der Waals surface area contributed by atoms with E-state index in [1.807, 2.05) is 36.4 Å². The third kappa shape index (κ3) is 2.17. The highest BCUT2D eigenvalue weighted by molar-refractivity contribution is 8.14. The van der Waals surface area contributed by atoms with Crippen LogP contribution in [0.2, 0.25) is 0 Å². The van der Waals surface area contributed by atoms with Crippen molar-refractivity contribution in [3.63, 3.8) is 0 Å². The van der Waals surface area contributed by atoms with Crippen LogP contribution in [0.5, 0.6) is 0 Å². The Hall–Kier alpha value is -1.22. The van der Waals surface area contributed by atoms with E-state index < -0.39 is 0 Å². The van der Waals surface area contributed by atoms with Gasteiger partial charge in [0.2, 0.25) is 0 Å². The van der Waals surface area contributed by atoms with Crippen LogP contribution in [0, 0.1) is 0 Å². The molecule has 0 aliphatic carbocycles. The summed E-state index contributed by atoms with van der Waals surface area (Å²) < 4.78 is 0. The van der Waals surface area contributed by atoms with Gasteiger partial charge in [0, 0.05) is 18.0 Å². The molecular weight excluding hydrogens is 192 g/mol. The molecule has 14 heavy (non-hydrogen) atoms. The third-order valence-electron chi connectivity index (χ3n) is 1.99. The summed E-state index contributed by atoms with van der Waals surface area (Å²) in [7, 11) is 0. The van der Waals surface area contributed by atoms with Gasteiger partial charge in [-0.15, -0.1) is 11.8 Å². The molecule has 0 radical (unpaired) electrons. The normalized spacial score (nSPS) is 16.9. The molecule has 1 aromatic rings. The average molecular weight is 204 g/mol. The van der Waals surface area contributed by atoms with Crippen LogP contribution < -0.4 is 5.73 Å². The van der Waals surface area contributed by atoms with Crippen LogP contribution in [0.3, 0.4) is 0 Å². The Bertz CT molecular complexity index is 368. The highest BCUT2D eigenvalue weighted by Crippen LogP contribution is 2.16. The minimum Gasteiger partial charge on any atom is -0.398 e. The first-order valence-corrected chi connectivity index (χ1v) is 5.54. The van der Waals surface area contributed by atoms with Crippen molar-refractivity contribution in [2.24, 2.45) is 10.7 Å². The Morgan fingerprint density at radius 1 is 1.36 bits per heavy atom. The fraction of sp³-hybridized carbons (Fsp3) is 0.182. The lowest BCUT2D eigenvalue weighted by molar-refractivity contribution is 1.18. The molecule has 1 aliphatic heterocycles. The Balaban J connectivity index is 2.19. The standard InChI is InChI=1S/C11H12N2S/c12-10(8-11-13-6-7-14-11)9-4-2-1-3-5-9/h1-5,8H,6-7,12H2. The first-order chi connectivity index (χ1) is 6.86. The molecule has 0 unspecified atom stereocenters. The predicted molar refractivity (Wildman–Crippen MR) is 63.4 cm³/mol. The molecule has 0 amide bonds. The zero-order chi connectivity index (χ0) is 9.80. The second-order valence-electron chi connectivity index (χ2n) is 3.03. The van der Waals surface area contributed by atoms with Crippen molar-refractivity contribution in [1.29, 1.82) is 0 Å². The second-order valence-corrected chi connectivity index (χ2v) is 4.15. The molecule has 72 valence electrons. The lowest BCUT2D eigenvalue weighted by atomic mass is 10.1. The maximum Gasteiger partial charge on any atom is 0.0926 e. The highest BCUT2D eigenvalue weighted by atomic mass is 32.2. The molecule has 0 saturated carbocycles. The van der Waals surface area contributed by atoms with E-state index in [2.05, 4.69) is 4.99 Å². The van der Waals surface area contributed by atoms with E-state index in [0.717, 1.165) is 28.6 Å². The minimum atomic E-state index is 0.791. The quantitative estimate of drug-likeness (QED) is 0.801. The molecule has 0 saturated heterocycles. The van der Waals surface area contributed by atoms with Crippen LogP contribution in [0.4, 0.5) is 0 Å². The van der Waals surface area contributed by atoms with Crippen LogP contribution in [0.15, 0.2) is 41.4 Å². The monoisotopic (exact) mass is 204 g/mol. The van der Waals surface area contributed by atoms with Gasteiger partial charge in [0.25, 0.3) is 0 Å². The van der Waals surface area contributed by atoms with Gasteiger partial charge in [0.15, 0.2) is 0 Å². The molecule has 1 aliphatic rings. The fourth-order valence-electron chi connectivity index (χ4n) is 1.29. The number of nitrogens with two attached hydrogens (primary N) is 1. The van der Waals surface area contributed by atoms with Crippen molar-refractivity contribution < 1.29 is 0 Å². The molecule has 2 rings (SSSR count). The molecule has 0 fully saturated rings. The summed E-state index contributed by atoms with van der Waals surface area (Å²) in [6, 6.07) is 9.97. The first kappa shape index (κ1) is 9.34. The number of hydrogen-bond acceptors (Lipinski definition) is 3. The van der Waals surface area contributed by atoms with E-state index in [-0.39, 0.29) is 0 Å². The molecule has 2 nitrogen and oxygen atoms in total. The van der Waals surface area contributed by atoms with E-state index in [4.69, 9.17) is 5.73 Å². The zero-order valence-electron chi connectivity index (χ0n) is 7.81. The van der Waals surface area contributed by atoms with Crippen molar-refractivity contribution in [3.05, 3.63) is 42.0 Å². The molecule has 0 atom stereocenters. The number of thioether (sulfide) groups is 1. The minimum absolute atomic E-state index is 0.791. The van der Waals surface area contributed by atoms with Gasteiger partial charge in [-0.05, 0) is 11.6 Å². The smallest absolute Gasteiger partial charge is 0.0926 e. The summed E-state index contributed by atoms with van der Waals surface area (Å²) in [5, 5.41) is 1.05. The van der Waals surface area contributed by atoms with Gasteiger partial charge >= 0.3 is 0 Å². The summed E-state index contributed by atoms with van der Waals surface area (Å²) >= 11 is 1.76. The summed E-state index contributed by atoms with van der Waals surface area (Å²) in [5.41, 5.74) is 7.79. The molecule has 0 bridgehead atoms. The third-order valence-corrected chi connectivity index (χ3v) is 2.92. The van der Waals surface area contributed by atoms with Crippen LogP contribution in [-0.2, 0) is 0 Å². The zero-order valence-corrected chi connectivity index (χ0v) is 8.63. The summed E-state index contributed by atoms with van der Waals surface area (Å²) in [4.78, 5) is 4.32.